The number of furan rings is 1. The van der Waals surface area contributed by atoms with E-state index in [-0.39, 0.29) is 27.3 Å². The van der Waals surface area contributed by atoms with E-state index in [0.29, 0.717) is 0 Å². The third-order valence-corrected chi connectivity index (χ3v) is 2.91. The second-order valence-electron chi connectivity index (χ2n) is 3.81. The zero-order valence-corrected chi connectivity index (χ0v) is 11.9. The minimum atomic E-state index is -0.564. The van der Waals surface area contributed by atoms with Crippen molar-refractivity contribution in [3.63, 3.8) is 0 Å². The van der Waals surface area contributed by atoms with Crippen LogP contribution >= 0.6 is 23.8 Å². The molecule has 0 atom stereocenters. The highest BCUT2D eigenvalue weighted by atomic mass is 35.5. The van der Waals surface area contributed by atoms with Crippen LogP contribution in [-0.2, 0) is 0 Å². The minimum absolute atomic E-state index is 0.0567. The molecular weight excluding hydrogens is 318 g/mol. The van der Waals surface area contributed by atoms with Crippen LogP contribution in [0.2, 0.25) is 5.02 Å². The number of nitrogens with zero attached hydrogens (tertiary/aromatic N) is 1. The Morgan fingerprint density at radius 1 is 1.38 bits per heavy atom. The van der Waals surface area contributed by atoms with Crippen LogP contribution in [0.3, 0.4) is 0 Å². The molecule has 1 amide bonds. The second kappa shape index (κ2) is 6.33. The van der Waals surface area contributed by atoms with Gasteiger partial charge in [0.1, 0.15) is 0 Å². The van der Waals surface area contributed by atoms with E-state index < -0.39 is 10.8 Å². The Hall–Kier alpha value is -2.45. The summed E-state index contributed by atoms with van der Waals surface area (Å²) in [7, 11) is 0. The third-order valence-electron chi connectivity index (χ3n) is 2.38. The van der Waals surface area contributed by atoms with Crippen molar-refractivity contribution in [1.82, 2.24) is 5.32 Å². The van der Waals surface area contributed by atoms with Crippen molar-refractivity contribution in [1.29, 1.82) is 0 Å². The van der Waals surface area contributed by atoms with Crippen LogP contribution < -0.4 is 10.6 Å². The van der Waals surface area contributed by atoms with Gasteiger partial charge in [-0.05, 0) is 30.4 Å². The van der Waals surface area contributed by atoms with Crippen molar-refractivity contribution < 1.29 is 14.1 Å². The number of thiocarbonyl (C=S) groups is 1. The van der Waals surface area contributed by atoms with E-state index in [9.17, 15) is 14.9 Å². The van der Waals surface area contributed by atoms with Crippen molar-refractivity contribution in [2.45, 2.75) is 0 Å². The van der Waals surface area contributed by atoms with E-state index in [4.69, 9.17) is 28.2 Å². The largest absolute Gasteiger partial charge is 0.459 e. The first kappa shape index (κ1) is 14.9. The lowest BCUT2D eigenvalue weighted by atomic mass is 10.3. The molecule has 0 fully saturated rings. The Kier molecular flexibility index (Phi) is 4.51. The third kappa shape index (κ3) is 3.77. The number of nitro groups is 1. The first-order valence-electron chi connectivity index (χ1n) is 5.57. The summed E-state index contributed by atoms with van der Waals surface area (Å²) in [5.74, 6) is -0.455. The number of hydrogen-bond acceptors (Lipinski definition) is 5. The van der Waals surface area contributed by atoms with Gasteiger partial charge in [-0.25, -0.2) is 0 Å². The topological polar surface area (TPSA) is 97.4 Å². The van der Waals surface area contributed by atoms with Gasteiger partial charge >= 0.3 is 0 Å². The maximum absolute atomic E-state index is 11.7. The van der Waals surface area contributed by atoms with Crippen LogP contribution in [0, 0.1) is 10.1 Å². The maximum atomic E-state index is 11.7. The highest BCUT2D eigenvalue weighted by molar-refractivity contribution is 7.80. The zero-order chi connectivity index (χ0) is 15.4. The normalized spacial score (nSPS) is 9.95. The average molecular weight is 326 g/mol. The van der Waals surface area contributed by atoms with Crippen molar-refractivity contribution in [2.75, 3.05) is 5.32 Å². The molecular formula is C12H8ClN3O4S. The van der Waals surface area contributed by atoms with Crippen molar-refractivity contribution in [3.8, 4) is 0 Å². The van der Waals surface area contributed by atoms with Crippen molar-refractivity contribution in [2.24, 2.45) is 0 Å². The molecule has 9 heteroatoms. The second-order valence-corrected chi connectivity index (χ2v) is 4.62. The molecule has 0 bridgehead atoms. The first-order chi connectivity index (χ1) is 9.97. The molecule has 2 aromatic rings. The summed E-state index contributed by atoms with van der Waals surface area (Å²) in [4.78, 5) is 21.8. The molecule has 0 spiro atoms. The lowest BCUT2D eigenvalue weighted by Crippen LogP contribution is -2.33. The fourth-order valence-electron chi connectivity index (χ4n) is 1.45. The average Bonchev–Trinajstić information content (AvgIpc) is 2.95. The van der Waals surface area contributed by atoms with E-state index in [1.165, 1.54) is 30.5 Å². The Labute approximate surface area is 129 Å². The Morgan fingerprint density at radius 3 is 2.76 bits per heavy atom. The van der Waals surface area contributed by atoms with Crippen LogP contribution in [0.4, 0.5) is 11.4 Å². The molecule has 108 valence electrons. The number of carbonyl (C=O) groups is 1. The Morgan fingerprint density at radius 2 is 2.14 bits per heavy atom. The van der Waals surface area contributed by atoms with Gasteiger partial charge in [0.05, 0.1) is 21.9 Å². The van der Waals surface area contributed by atoms with Gasteiger partial charge in [-0.15, -0.1) is 0 Å². The van der Waals surface area contributed by atoms with E-state index in [1.54, 1.807) is 6.07 Å². The molecule has 0 aliphatic rings. The number of benzene rings is 1. The highest BCUT2D eigenvalue weighted by Crippen LogP contribution is 2.26. The maximum Gasteiger partial charge on any atom is 0.293 e. The molecule has 1 aromatic carbocycles. The summed E-state index contributed by atoms with van der Waals surface area (Å²) < 4.78 is 4.91. The van der Waals surface area contributed by atoms with Gasteiger partial charge in [0.15, 0.2) is 10.9 Å². The van der Waals surface area contributed by atoms with Crippen LogP contribution in [0.1, 0.15) is 10.6 Å². The Bertz CT molecular complexity index is 703. The molecule has 0 saturated carbocycles. The first-order valence-corrected chi connectivity index (χ1v) is 6.36. The number of halogens is 1. The number of nitro benzene ring substituents is 1. The van der Waals surface area contributed by atoms with Gasteiger partial charge in [-0.1, -0.05) is 11.6 Å². The molecule has 0 unspecified atom stereocenters. The van der Waals surface area contributed by atoms with E-state index in [0.717, 1.165) is 0 Å². The molecule has 0 radical (unpaired) electrons. The summed E-state index contributed by atoms with van der Waals surface area (Å²) in [6, 6.07) is 6.87. The minimum Gasteiger partial charge on any atom is -0.459 e. The van der Waals surface area contributed by atoms with Crippen molar-refractivity contribution in [3.05, 3.63) is 57.5 Å². The summed E-state index contributed by atoms with van der Waals surface area (Å²) in [5.41, 5.74) is 0.0673. The molecule has 0 saturated heterocycles. The predicted octanol–water partition coefficient (Wildman–Crippen LogP) is 2.97. The van der Waals surface area contributed by atoms with Crippen molar-refractivity contribution >= 4 is 46.2 Å². The van der Waals surface area contributed by atoms with Crippen LogP contribution in [0.25, 0.3) is 0 Å². The smallest absolute Gasteiger partial charge is 0.293 e. The molecule has 0 aliphatic heterocycles. The van der Waals surface area contributed by atoms with Gasteiger partial charge < -0.3 is 9.73 Å². The van der Waals surface area contributed by atoms with Gasteiger partial charge in [0.25, 0.3) is 11.6 Å². The number of anilines is 1. The molecule has 21 heavy (non-hydrogen) atoms. The summed E-state index contributed by atoms with van der Waals surface area (Å²) in [6.45, 7) is 0. The van der Waals surface area contributed by atoms with Crippen LogP contribution in [0.15, 0.2) is 41.0 Å². The molecule has 1 aromatic heterocycles. The number of amides is 1. The number of nitrogens with one attached hydrogen (secondary N) is 2. The number of non-ortho nitro benzene ring substituents is 1. The SMILES string of the molecule is O=C(NC(=S)Nc1cc([N+](=O)[O-])ccc1Cl)c1ccco1. The van der Waals surface area contributed by atoms with E-state index in [2.05, 4.69) is 10.6 Å². The molecule has 2 rings (SSSR count). The quantitative estimate of drug-likeness (QED) is 0.511. The summed E-state index contributed by atoms with van der Waals surface area (Å²) in [6.07, 6.45) is 1.35. The predicted molar refractivity (Wildman–Crippen MR) is 80.5 cm³/mol. The fraction of sp³-hybridized carbons (Fsp3) is 0. The van der Waals surface area contributed by atoms with E-state index in [1.807, 2.05) is 0 Å². The van der Waals surface area contributed by atoms with Gasteiger partial charge in [0.2, 0.25) is 0 Å². The van der Waals surface area contributed by atoms with Crippen LogP contribution in [-0.4, -0.2) is 15.9 Å². The lowest BCUT2D eigenvalue weighted by Gasteiger charge is -2.09. The Balaban J connectivity index is 2.07. The number of hydrogen-bond donors (Lipinski definition) is 2. The number of carbonyl (C=O) groups excluding carboxylic acids is 1. The number of rotatable bonds is 3. The van der Waals surface area contributed by atoms with Crippen LogP contribution in [0.5, 0.6) is 0 Å². The van der Waals surface area contributed by atoms with E-state index >= 15 is 0 Å². The van der Waals surface area contributed by atoms with Gasteiger partial charge in [0, 0.05) is 12.1 Å². The van der Waals surface area contributed by atoms with Gasteiger partial charge in [-0.2, -0.15) is 0 Å². The highest BCUT2D eigenvalue weighted by Gasteiger charge is 2.13. The fourth-order valence-corrected chi connectivity index (χ4v) is 1.82. The molecule has 2 N–H and O–H groups in total. The summed E-state index contributed by atoms with van der Waals surface area (Å²) in [5, 5.41) is 15.9. The lowest BCUT2D eigenvalue weighted by molar-refractivity contribution is -0.384. The molecule has 7 nitrogen and oxygen atoms in total. The van der Waals surface area contributed by atoms with Gasteiger partial charge in [-0.3, -0.25) is 20.2 Å². The summed E-state index contributed by atoms with van der Waals surface area (Å²) >= 11 is 10.8. The zero-order valence-electron chi connectivity index (χ0n) is 10.3. The standard InChI is InChI=1S/C12H8ClN3O4S/c13-8-4-3-7(16(18)19)6-9(8)14-12(21)15-11(17)10-2-1-5-20-10/h1-6H,(H2,14,15,17,21). The molecule has 0 aliphatic carbocycles. The monoisotopic (exact) mass is 325 g/mol. The molecule has 1 heterocycles.